The van der Waals surface area contributed by atoms with Gasteiger partial charge in [-0.1, -0.05) is 40.5 Å². The van der Waals surface area contributed by atoms with Crippen LogP contribution in [0.1, 0.15) is 47.0 Å². The van der Waals surface area contributed by atoms with Crippen LogP contribution in [0.15, 0.2) is 0 Å². The van der Waals surface area contributed by atoms with E-state index < -0.39 is 0 Å². The molecule has 0 amide bonds. The fraction of sp³-hybridized carbons (Fsp3) is 1.00. The van der Waals surface area contributed by atoms with E-state index in [1.54, 1.807) is 0 Å². The van der Waals surface area contributed by atoms with Crippen LogP contribution in [0.4, 0.5) is 0 Å². The Morgan fingerprint density at radius 2 is 1.27 bits per heavy atom. The molecule has 1 fully saturated rings. The minimum atomic E-state index is 0.977. The van der Waals surface area contributed by atoms with Crippen LogP contribution in [-0.2, 0) is 0 Å². The molecule has 1 rings (SSSR count). The van der Waals surface area contributed by atoms with E-state index in [2.05, 4.69) is 27.7 Å². The third-order valence-corrected chi connectivity index (χ3v) is 3.97. The van der Waals surface area contributed by atoms with E-state index in [1.165, 1.54) is 19.3 Å². The van der Waals surface area contributed by atoms with Crippen LogP contribution >= 0.6 is 0 Å². The van der Waals surface area contributed by atoms with Crippen molar-refractivity contribution in [3.05, 3.63) is 0 Å². The van der Waals surface area contributed by atoms with Gasteiger partial charge >= 0.3 is 0 Å². The van der Waals surface area contributed by atoms with Gasteiger partial charge in [0.2, 0.25) is 0 Å². The second kappa shape index (κ2) is 3.60. The highest BCUT2D eigenvalue weighted by molar-refractivity contribution is 4.84. The highest BCUT2D eigenvalue weighted by Gasteiger charge is 2.35. The molecule has 0 radical (unpaired) electrons. The van der Waals surface area contributed by atoms with Gasteiger partial charge in [-0.15, -0.1) is 0 Å². The fourth-order valence-electron chi connectivity index (χ4n) is 2.75. The summed E-state index contributed by atoms with van der Waals surface area (Å²) in [6, 6.07) is 0. The average Bonchev–Trinajstić information content (AvgIpc) is 2.30. The summed E-state index contributed by atoms with van der Waals surface area (Å²) < 4.78 is 0. The Kier molecular flexibility index (Phi) is 2.98. The van der Waals surface area contributed by atoms with Gasteiger partial charge in [0, 0.05) is 0 Å². The second-order valence-electron chi connectivity index (χ2n) is 4.29. The summed E-state index contributed by atoms with van der Waals surface area (Å²) in [4.78, 5) is 0. The molecule has 4 atom stereocenters. The maximum Gasteiger partial charge on any atom is -0.0386 e. The molecule has 0 aromatic rings. The largest absolute Gasteiger partial charge is 0.0651 e. The maximum absolute atomic E-state index is 2.44. The normalized spacial score (nSPS) is 44.7. The fourth-order valence-corrected chi connectivity index (χ4v) is 2.75. The Morgan fingerprint density at radius 3 is 1.45 bits per heavy atom. The Balaban J connectivity index is 2.53. The van der Waals surface area contributed by atoms with Crippen LogP contribution in [0.2, 0.25) is 0 Å². The van der Waals surface area contributed by atoms with Gasteiger partial charge in [-0.2, -0.15) is 0 Å². The van der Waals surface area contributed by atoms with E-state index in [4.69, 9.17) is 0 Å². The summed E-state index contributed by atoms with van der Waals surface area (Å²) in [5, 5.41) is 0. The molecular formula is C11H22. The Morgan fingerprint density at radius 1 is 0.909 bits per heavy atom. The maximum atomic E-state index is 2.44. The first-order valence-corrected chi connectivity index (χ1v) is 5.20. The predicted molar refractivity (Wildman–Crippen MR) is 50.5 cm³/mol. The van der Waals surface area contributed by atoms with E-state index >= 15 is 0 Å². The zero-order valence-corrected chi connectivity index (χ0v) is 8.43. The third-order valence-electron chi connectivity index (χ3n) is 3.97. The lowest BCUT2D eigenvalue weighted by atomic mass is 9.89. The van der Waals surface area contributed by atoms with Crippen LogP contribution in [0.3, 0.4) is 0 Å². The van der Waals surface area contributed by atoms with Crippen molar-refractivity contribution in [1.82, 2.24) is 0 Å². The van der Waals surface area contributed by atoms with Crippen molar-refractivity contribution in [3.8, 4) is 0 Å². The number of hydrogen-bond acceptors (Lipinski definition) is 0. The van der Waals surface area contributed by atoms with Crippen molar-refractivity contribution >= 4 is 0 Å². The van der Waals surface area contributed by atoms with E-state index in [0.29, 0.717) is 0 Å². The first kappa shape index (κ1) is 9.09. The Bertz CT molecular complexity index is 99.2. The van der Waals surface area contributed by atoms with Gasteiger partial charge in [0.05, 0.1) is 0 Å². The summed E-state index contributed by atoms with van der Waals surface area (Å²) >= 11 is 0. The quantitative estimate of drug-likeness (QED) is 0.568. The molecule has 0 bridgehead atoms. The summed E-state index contributed by atoms with van der Waals surface area (Å²) in [6.45, 7) is 9.56. The van der Waals surface area contributed by atoms with Gasteiger partial charge in [-0.25, -0.2) is 0 Å². The molecule has 0 nitrogen and oxygen atoms in total. The Hall–Kier alpha value is 0. The first-order chi connectivity index (χ1) is 5.20. The molecule has 1 aliphatic carbocycles. The highest BCUT2D eigenvalue weighted by Crippen LogP contribution is 2.43. The lowest BCUT2D eigenvalue weighted by molar-refractivity contribution is 0.323. The predicted octanol–water partition coefficient (Wildman–Crippen LogP) is 3.71. The molecule has 0 N–H and O–H groups in total. The molecule has 11 heavy (non-hydrogen) atoms. The van der Waals surface area contributed by atoms with Crippen molar-refractivity contribution in [1.29, 1.82) is 0 Å². The standard InChI is InChI=1S/C11H22/c1-5-10-7-11(6-2)9(4)8(10)3/h8-11H,5-7H2,1-4H3. The summed E-state index contributed by atoms with van der Waals surface area (Å²) in [7, 11) is 0. The lowest BCUT2D eigenvalue weighted by Gasteiger charge is -2.17. The van der Waals surface area contributed by atoms with Gasteiger partial charge in [-0.05, 0) is 30.1 Å². The summed E-state index contributed by atoms with van der Waals surface area (Å²) in [6.07, 6.45) is 4.28. The highest BCUT2D eigenvalue weighted by atomic mass is 14.4. The third kappa shape index (κ3) is 1.60. The number of rotatable bonds is 2. The second-order valence-corrected chi connectivity index (χ2v) is 4.29. The molecule has 0 aromatic carbocycles. The minimum Gasteiger partial charge on any atom is -0.0651 e. The lowest BCUT2D eigenvalue weighted by Crippen LogP contribution is -2.10. The van der Waals surface area contributed by atoms with Crippen LogP contribution in [0, 0.1) is 23.7 Å². The summed E-state index contributed by atoms with van der Waals surface area (Å²) in [5.74, 6) is 4.00. The van der Waals surface area contributed by atoms with Gasteiger partial charge in [0.1, 0.15) is 0 Å². The van der Waals surface area contributed by atoms with Gasteiger partial charge in [0.25, 0.3) is 0 Å². The van der Waals surface area contributed by atoms with E-state index in [0.717, 1.165) is 23.7 Å². The molecule has 0 spiro atoms. The van der Waals surface area contributed by atoms with Crippen molar-refractivity contribution in [2.24, 2.45) is 23.7 Å². The Labute approximate surface area is 71.4 Å². The van der Waals surface area contributed by atoms with Crippen LogP contribution in [0.25, 0.3) is 0 Å². The monoisotopic (exact) mass is 154 g/mol. The smallest absolute Gasteiger partial charge is 0.0386 e. The molecule has 0 aliphatic heterocycles. The van der Waals surface area contributed by atoms with E-state index in [1.807, 2.05) is 0 Å². The summed E-state index contributed by atoms with van der Waals surface area (Å²) in [5.41, 5.74) is 0. The molecular weight excluding hydrogens is 132 g/mol. The van der Waals surface area contributed by atoms with Gasteiger partial charge in [0.15, 0.2) is 0 Å². The van der Waals surface area contributed by atoms with Crippen LogP contribution in [0.5, 0.6) is 0 Å². The molecule has 66 valence electrons. The molecule has 4 unspecified atom stereocenters. The molecule has 0 heterocycles. The van der Waals surface area contributed by atoms with E-state index in [9.17, 15) is 0 Å². The topological polar surface area (TPSA) is 0 Å². The molecule has 1 aliphatic rings. The van der Waals surface area contributed by atoms with Crippen molar-refractivity contribution < 1.29 is 0 Å². The van der Waals surface area contributed by atoms with Crippen molar-refractivity contribution in [2.75, 3.05) is 0 Å². The van der Waals surface area contributed by atoms with E-state index in [-0.39, 0.29) is 0 Å². The molecule has 0 saturated heterocycles. The van der Waals surface area contributed by atoms with Crippen LogP contribution in [-0.4, -0.2) is 0 Å². The van der Waals surface area contributed by atoms with Crippen LogP contribution < -0.4 is 0 Å². The number of hydrogen-bond donors (Lipinski definition) is 0. The minimum absolute atomic E-state index is 0.977. The average molecular weight is 154 g/mol. The molecule has 0 heteroatoms. The van der Waals surface area contributed by atoms with Gasteiger partial charge in [-0.3, -0.25) is 0 Å². The first-order valence-electron chi connectivity index (χ1n) is 5.20. The zero-order chi connectivity index (χ0) is 8.43. The van der Waals surface area contributed by atoms with Gasteiger partial charge < -0.3 is 0 Å². The molecule has 1 saturated carbocycles. The zero-order valence-electron chi connectivity index (χ0n) is 8.43. The SMILES string of the molecule is CCC1CC(CC)C(C)C1C. The molecule has 0 aromatic heterocycles. The van der Waals surface area contributed by atoms with Crippen molar-refractivity contribution in [2.45, 2.75) is 47.0 Å². The van der Waals surface area contributed by atoms with Crippen molar-refractivity contribution in [3.63, 3.8) is 0 Å².